The van der Waals surface area contributed by atoms with Crippen LogP contribution in [0, 0.1) is 4.91 Å². The summed E-state index contributed by atoms with van der Waals surface area (Å²) in [6, 6.07) is 4.28. The van der Waals surface area contributed by atoms with E-state index in [4.69, 9.17) is 10.5 Å². The molecule has 18 heavy (non-hydrogen) atoms. The van der Waals surface area contributed by atoms with Crippen LogP contribution in [0.5, 0.6) is 5.75 Å². The summed E-state index contributed by atoms with van der Waals surface area (Å²) in [6.07, 6.45) is 2.91. The number of nitrogens with two attached hydrogens (primary N) is 1. The first kappa shape index (κ1) is 11.8. The lowest BCUT2D eigenvalue weighted by molar-refractivity contribution is 0.251. The van der Waals surface area contributed by atoms with Crippen molar-refractivity contribution in [1.82, 2.24) is 4.57 Å². The molecule has 1 aromatic heterocycles. The maximum Gasteiger partial charge on any atom is 0.323 e. The van der Waals surface area contributed by atoms with E-state index in [0.717, 1.165) is 4.57 Å². The number of fused-ring (bicyclic) bond motifs is 1. The third-order valence-corrected chi connectivity index (χ3v) is 2.46. The first-order chi connectivity index (χ1) is 8.67. The minimum Gasteiger partial charge on any atom is -0.489 e. The molecule has 0 aliphatic carbocycles. The first-order valence-electron chi connectivity index (χ1n) is 5.19. The minimum absolute atomic E-state index is 0.166. The maximum absolute atomic E-state index is 11.3. The Labute approximate surface area is 103 Å². The van der Waals surface area contributed by atoms with E-state index in [2.05, 4.69) is 11.8 Å². The van der Waals surface area contributed by atoms with Gasteiger partial charge in [-0.05, 0) is 17.3 Å². The molecule has 1 heterocycles. The Morgan fingerprint density at radius 3 is 2.94 bits per heavy atom. The second-order valence-electron chi connectivity index (χ2n) is 3.59. The van der Waals surface area contributed by atoms with Gasteiger partial charge in [0.15, 0.2) is 0 Å². The van der Waals surface area contributed by atoms with E-state index in [1.807, 2.05) is 0 Å². The van der Waals surface area contributed by atoms with Crippen molar-refractivity contribution in [3.05, 3.63) is 42.0 Å². The van der Waals surface area contributed by atoms with Crippen molar-refractivity contribution >= 4 is 22.6 Å². The lowest BCUT2D eigenvalue weighted by Crippen LogP contribution is -2.18. The summed E-state index contributed by atoms with van der Waals surface area (Å²) < 4.78 is 6.51. The molecule has 0 saturated heterocycles. The van der Waals surface area contributed by atoms with E-state index >= 15 is 0 Å². The van der Waals surface area contributed by atoms with E-state index < -0.39 is 6.03 Å². The zero-order valence-electron chi connectivity index (χ0n) is 9.50. The summed E-state index contributed by atoms with van der Waals surface area (Å²) >= 11 is 0. The highest BCUT2D eigenvalue weighted by molar-refractivity contribution is 5.98. The van der Waals surface area contributed by atoms with Gasteiger partial charge in [-0.1, -0.05) is 12.7 Å². The summed E-state index contributed by atoms with van der Waals surface area (Å²) in [6.45, 7) is 3.89. The largest absolute Gasteiger partial charge is 0.489 e. The molecule has 0 fully saturated rings. The fourth-order valence-electron chi connectivity index (χ4n) is 1.69. The van der Waals surface area contributed by atoms with Gasteiger partial charge in [-0.25, -0.2) is 4.79 Å². The number of primary amides is 1. The Hall–Kier alpha value is -2.63. The van der Waals surface area contributed by atoms with Crippen molar-refractivity contribution in [3.8, 4) is 5.75 Å². The average Bonchev–Trinajstić information content (AvgIpc) is 2.74. The lowest BCUT2D eigenvalue weighted by atomic mass is 10.2. The lowest BCUT2D eigenvalue weighted by Gasteiger charge is -2.04. The van der Waals surface area contributed by atoms with Gasteiger partial charge < -0.3 is 10.5 Å². The van der Waals surface area contributed by atoms with Crippen LogP contribution in [0.4, 0.5) is 10.5 Å². The van der Waals surface area contributed by atoms with Gasteiger partial charge in [0.2, 0.25) is 0 Å². The van der Waals surface area contributed by atoms with Gasteiger partial charge >= 0.3 is 6.03 Å². The number of aromatic nitrogens is 1. The van der Waals surface area contributed by atoms with Crippen LogP contribution < -0.4 is 10.5 Å². The van der Waals surface area contributed by atoms with Crippen LogP contribution in [0.3, 0.4) is 0 Å². The Morgan fingerprint density at radius 2 is 2.33 bits per heavy atom. The highest BCUT2D eigenvalue weighted by atomic mass is 16.5. The zero-order valence-corrected chi connectivity index (χ0v) is 9.50. The second-order valence-corrected chi connectivity index (χ2v) is 3.59. The molecule has 6 heteroatoms. The maximum atomic E-state index is 11.3. The number of rotatable bonds is 4. The topological polar surface area (TPSA) is 86.7 Å². The molecular formula is C12H11N3O3. The molecule has 0 aliphatic heterocycles. The predicted molar refractivity (Wildman–Crippen MR) is 68.1 cm³/mol. The van der Waals surface area contributed by atoms with Gasteiger partial charge in [0, 0.05) is 17.6 Å². The first-order valence-corrected chi connectivity index (χ1v) is 5.19. The SMILES string of the molecule is C=CCOc1ccc2c(N=O)cn(C(N)=O)c2c1. The van der Waals surface area contributed by atoms with Gasteiger partial charge in [0.25, 0.3) is 0 Å². The third-order valence-electron chi connectivity index (χ3n) is 2.46. The number of hydrogen-bond donors (Lipinski definition) is 1. The molecule has 1 amide bonds. The highest BCUT2D eigenvalue weighted by Gasteiger charge is 2.12. The average molecular weight is 245 g/mol. The van der Waals surface area contributed by atoms with E-state index in [-0.39, 0.29) is 5.69 Å². The molecule has 2 rings (SSSR count). The zero-order chi connectivity index (χ0) is 13.1. The van der Waals surface area contributed by atoms with Gasteiger partial charge in [0.05, 0.1) is 5.52 Å². The molecular weight excluding hydrogens is 234 g/mol. The monoisotopic (exact) mass is 245 g/mol. The van der Waals surface area contributed by atoms with Gasteiger partial charge in [-0.2, -0.15) is 0 Å². The number of benzene rings is 1. The molecule has 2 N–H and O–H groups in total. The van der Waals surface area contributed by atoms with Gasteiger partial charge in [0.1, 0.15) is 18.0 Å². The minimum atomic E-state index is -0.684. The van der Waals surface area contributed by atoms with E-state index in [1.165, 1.54) is 6.20 Å². The van der Waals surface area contributed by atoms with Gasteiger partial charge in [-0.3, -0.25) is 4.57 Å². The smallest absolute Gasteiger partial charge is 0.323 e. The fraction of sp³-hybridized carbons (Fsp3) is 0.0833. The fourth-order valence-corrected chi connectivity index (χ4v) is 1.69. The third kappa shape index (κ3) is 1.95. The predicted octanol–water partition coefficient (Wildman–Crippen LogP) is 2.53. The van der Waals surface area contributed by atoms with E-state index in [9.17, 15) is 9.70 Å². The summed E-state index contributed by atoms with van der Waals surface area (Å²) in [5.41, 5.74) is 5.87. The number of hydrogen-bond acceptors (Lipinski definition) is 4. The summed E-state index contributed by atoms with van der Waals surface area (Å²) in [5.74, 6) is 0.556. The van der Waals surface area contributed by atoms with Crippen LogP contribution in [-0.4, -0.2) is 17.2 Å². The van der Waals surface area contributed by atoms with Crippen LogP contribution >= 0.6 is 0 Å². The molecule has 0 atom stereocenters. The van der Waals surface area contributed by atoms with Crippen LogP contribution in [0.15, 0.2) is 42.2 Å². The van der Waals surface area contributed by atoms with Crippen molar-refractivity contribution in [2.75, 3.05) is 6.61 Å². The van der Waals surface area contributed by atoms with Gasteiger partial charge in [-0.15, -0.1) is 4.91 Å². The summed E-state index contributed by atoms with van der Waals surface area (Å²) in [5, 5.41) is 3.41. The van der Waals surface area contributed by atoms with Crippen LogP contribution in [0.1, 0.15) is 0 Å². The van der Waals surface area contributed by atoms with Crippen LogP contribution in [0.2, 0.25) is 0 Å². The number of nitrogens with zero attached hydrogens (tertiary/aromatic N) is 2. The van der Waals surface area contributed by atoms with Crippen molar-refractivity contribution in [2.24, 2.45) is 10.9 Å². The molecule has 0 bridgehead atoms. The number of carbonyl (C=O) groups excluding carboxylic acids is 1. The standard InChI is InChI=1S/C12H11N3O3/c1-2-5-18-8-3-4-9-10(14-17)7-15(12(13)16)11(9)6-8/h2-4,6-7H,1,5H2,(H2,13,16). The molecule has 0 unspecified atom stereocenters. The van der Waals surface area contributed by atoms with Crippen LogP contribution in [-0.2, 0) is 0 Å². The van der Waals surface area contributed by atoms with Crippen molar-refractivity contribution in [2.45, 2.75) is 0 Å². The van der Waals surface area contributed by atoms with Crippen molar-refractivity contribution in [3.63, 3.8) is 0 Å². The molecule has 0 aliphatic rings. The Balaban J connectivity index is 2.59. The molecule has 0 radical (unpaired) electrons. The normalized spacial score (nSPS) is 10.2. The molecule has 92 valence electrons. The summed E-state index contributed by atoms with van der Waals surface area (Å²) in [4.78, 5) is 21.9. The molecule has 0 saturated carbocycles. The van der Waals surface area contributed by atoms with Crippen LogP contribution in [0.25, 0.3) is 10.9 Å². The van der Waals surface area contributed by atoms with E-state index in [0.29, 0.717) is 23.3 Å². The number of nitroso groups, excluding NO2 is 1. The quantitative estimate of drug-likeness (QED) is 0.663. The number of carbonyl (C=O) groups is 1. The Bertz CT molecular complexity index is 631. The molecule has 6 nitrogen and oxygen atoms in total. The van der Waals surface area contributed by atoms with E-state index in [1.54, 1.807) is 24.3 Å². The summed E-state index contributed by atoms with van der Waals surface area (Å²) in [7, 11) is 0. The molecule has 0 spiro atoms. The molecule has 1 aromatic carbocycles. The number of ether oxygens (including phenoxy) is 1. The Kier molecular flexibility index (Phi) is 3.09. The highest BCUT2D eigenvalue weighted by Crippen LogP contribution is 2.30. The molecule has 2 aromatic rings. The second kappa shape index (κ2) is 4.70. The Morgan fingerprint density at radius 1 is 1.56 bits per heavy atom. The van der Waals surface area contributed by atoms with Crippen molar-refractivity contribution < 1.29 is 9.53 Å². The number of amides is 1. The van der Waals surface area contributed by atoms with Crippen molar-refractivity contribution in [1.29, 1.82) is 0 Å².